The highest BCUT2D eigenvalue weighted by Gasteiger charge is 2.02. The van der Waals surface area contributed by atoms with Crippen molar-refractivity contribution in [2.24, 2.45) is 0 Å². The van der Waals surface area contributed by atoms with Crippen molar-refractivity contribution in [3.63, 3.8) is 0 Å². The fourth-order valence-electron chi connectivity index (χ4n) is 0.753. The molecule has 0 aliphatic carbocycles. The van der Waals surface area contributed by atoms with Crippen LogP contribution in [0.3, 0.4) is 0 Å². The lowest BCUT2D eigenvalue weighted by Gasteiger charge is -2.09. The summed E-state index contributed by atoms with van der Waals surface area (Å²) in [6, 6.07) is 7.64. The molecule has 0 aromatic heterocycles. The van der Waals surface area contributed by atoms with E-state index in [1.807, 2.05) is 0 Å². The van der Waals surface area contributed by atoms with Crippen LogP contribution in [0.15, 0.2) is 18.2 Å². The standard InChI is InChI=1S/C9H10ClO3/c10-7-2-1-3-9(4-7)13-6-8(12)5-11/h1,3-4,8,11-12H,5-6H2. The maximum atomic E-state index is 8.97. The first-order chi connectivity index (χ1) is 6.22. The molecule has 1 aromatic rings. The molecule has 0 spiro atoms. The number of hydrogen-bond acceptors (Lipinski definition) is 3. The van der Waals surface area contributed by atoms with Gasteiger partial charge in [-0.05, 0) is 18.2 Å². The van der Waals surface area contributed by atoms with Crippen molar-refractivity contribution in [1.82, 2.24) is 0 Å². The molecule has 0 heterocycles. The number of aliphatic hydroxyl groups excluding tert-OH is 2. The predicted molar refractivity (Wildman–Crippen MR) is 48.9 cm³/mol. The van der Waals surface area contributed by atoms with Gasteiger partial charge in [0.05, 0.1) is 11.6 Å². The van der Waals surface area contributed by atoms with Crippen molar-refractivity contribution in [2.75, 3.05) is 13.2 Å². The van der Waals surface area contributed by atoms with Gasteiger partial charge in [-0.15, -0.1) is 0 Å². The summed E-state index contributed by atoms with van der Waals surface area (Å²) < 4.78 is 5.13. The lowest BCUT2D eigenvalue weighted by atomic mass is 10.3. The molecular formula is C9H10ClO3. The Morgan fingerprint density at radius 3 is 3.00 bits per heavy atom. The van der Waals surface area contributed by atoms with E-state index < -0.39 is 6.10 Å². The summed E-state index contributed by atoms with van der Waals surface area (Å²) in [6.45, 7) is -0.260. The molecule has 1 atom stereocenters. The number of halogens is 1. The first kappa shape index (κ1) is 10.3. The molecule has 1 radical (unpaired) electrons. The zero-order chi connectivity index (χ0) is 9.68. The van der Waals surface area contributed by atoms with E-state index in [-0.39, 0.29) is 13.2 Å². The van der Waals surface area contributed by atoms with Gasteiger partial charge < -0.3 is 14.9 Å². The molecule has 1 aromatic carbocycles. The van der Waals surface area contributed by atoms with Crippen molar-refractivity contribution >= 4 is 11.6 Å². The Morgan fingerprint density at radius 1 is 1.62 bits per heavy atom. The molecule has 1 unspecified atom stereocenters. The quantitative estimate of drug-likeness (QED) is 0.760. The lowest BCUT2D eigenvalue weighted by molar-refractivity contribution is 0.0536. The smallest absolute Gasteiger partial charge is 0.120 e. The molecule has 0 saturated heterocycles. The highest BCUT2D eigenvalue weighted by Crippen LogP contribution is 2.16. The Kier molecular flexibility index (Phi) is 4.02. The Labute approximate surface area is 81.5 Å². The van der Waals surface area contributed by atoms with E-state index in [0.29, 0.717) is 10.8 Å². The van der Waals surface area contributed by atoms with E-state index in [1.165, 1.54) is 0 Å². The fourth-order valence-corrected chi connectivity index (χ4v) is 0.924. The summed E-state index contributed by atoms with van der Waals surface area (Å²) in [7, 11) is 0. The van der Waals surface area contributed by atoms with Gasteiger partial charge in [-0.25, -0.2) is 0 Å². The minimum absolute atomic E-state index is 0.0524. The van der Waals surface area contributed by atoms with Crippen LogP contribution in [0.5, 0.6) is 5.75 Å². The first-order valence-electron chi connectivity index (χ1n) is 3.81. The van der Waals surface area contributed by atoms with E-state index in [2.05, 4.69) is 6.07 Å². The zero-order valence-electron chi connectivity index (χ0n) is 6.90. The fraction of sp³-hybridized carbons (Fsp3) is 0.333. The summed E-state index contributed by atoms with van der Waals surface area (Å²) in [5.41, 5.74) is 0. The van der Waals surface area contributed by atoms with E-state index in [1.54, 1.807) is 18.2 Å². The summed E-state index contributed by atoms with van der Waals surface area (Å²) in [5, 5.41) is 17.9. The number of ether oxygens (including phenoxy) is 1. The van der Waals surface area contributed by atoms with Crippen molar-refractivity contribution in [3.05, 3.63) is 29.3 Å². The van der Waals surface area contributed by atoms with Crippen molar-refractivity contribution < 1.29 is 14.9 Å². The summed E-state index contributed by atoms with van der Waals surface area (Å²) >= 11 is 5.65. The number of hydrogen-bond donors (Lipinski definition) is 2. The number of aliphatic hydroxyl groups is 2. The minimum atomic E-state index is -0.858. The SMILES string of the molecule is OCC(O)COc1cc[c]c(Cl)c1. The predicted octanol–water partition coefficient (Wildman–Crippen LogP) is 0.872. The Hall–Kier alpha value is -0.770. The second-order valence-electron chi connectivity index (χ2n) is 2.52. The van der Waals surface area contributed by atoms with Gasteiger partial charge in [0.15, 0.2) is 0 Å². The van der Waals surface area contributed by atoms with E-state index in [0.717, 1.165) is 0 Å². The molecule has 71 valence electrons. The largest absolute Gasteiger partial charge is 0.491 e. The first-order valence-corrected chi connectivity index (χ1v) is 4.19. The molecule has 3 nitrogen and oxygen atoms in total. The molecule has 2 N–H and O–H groups in total. The molecular weight excluding hydrogens is 192 g/mol. The number of benzene rings is 1. The molecule has 0 fully saturated rings. The van der Waals surface area contributed by atoms with E-state index >= 15 is 0 Å². The maximum Gasteiger partial charge on any atom is 0.120 e. The second kappa shape index (κ2) is 5.07. The van der Waals surface area contributed by atoms with Gasteiger partial charge in [0.25, 0.3) is 0 Å². The van der Waals surface area contributed by atoms with Crippen LogP contribution in [0.4, 0.5) is 0 Å². The van der Waals surface area contributed by atoms with Crippen molar-refractivity contribution in [2.45, 2.75) is 6.10 Å². The average Bonchev–Trinajstić information content (AvgIpc) is 2.14. The third kappa shape index (κ3) is 3.63. The Morgan fingerprint density at radius 2 is 2.38 bits per heavy atom. The van der Waals surface area contributed by atoms with Crippen LogP contribution in [-0.2, 0) is 0 Å². The maximum absolute atomic E-state index is 8.97. The van der Waals surface area contributed by atoms with Crippen LogP contribution >= 0.6 is 11.6 Å². The van der Waals surface area contributed by atoms with Gasteiger partial charge in [0, 0.05) is 6.07 Å². The Balaban J connectivity index is 2.45. The molecule has 0 aliphatic rings. The van der Waals surface area contributed by atoms with Crippen LogP contribution in [0.25, 0.3) is 0 Å². The zero-order valence-corrected chi connectivity index (χ0v) is 7.66. The minimum Gasteiger partial charge on any atom is -0.491 e. The van der Waals surface area contributed by atoms with Gasteiger partial charge >= 0.3 is 0 Å². The third-order valence-electron chi connectivity index (χ3n) is 1.39. The van der Waals surface area contributed by atoms with Crippen molar-refractivity contribution in [3.8, 4) is 5.75 Å². The summed E-state index contributed by atoms with van der Waals surface area (Å²) in [5.74, 6) is 0.552. The van der Waals surface area contributed by atoms with Crippen LogP contribution in [0.1, 0.15) is 0 Å². The van der Waals surface area contributed by atoms with Gasteiger partial charge in [0.1, 0.15) is 18.5 Å². The lowest BCUT2D eigenvalue weighted by Crippen LogP contribution is -2.21. The highest BCUT2D eigenvalue weighted by atomic mass is 35.5. The number of rotatable bonds is 4. The molecule has 0 saturated carbocycles. The summed E-state index contributed by atoms with van der Waals surface area (Å²) in [4.78, 5) is 0. The van der Waals surface area contributed by atoms with Crippen LogP contribution in [0.2, 0.25) is 5.02 Å². The molecule has 0 amide bonds. The average molecular weight is 202 g/mol. The van der Waals surface area contributed by atoms with Crippen LogP contribution < -0.4 is 4.74 Å². The monoisotopic (exact) mass is 201 g/mol. The third-order valence-corrected chi connectivity index (χ3v) is 1.61. The Bertz CT molecular complexity index is 265. The van der Waals surface area contributed by atoms with Gasteiger partial charge in [-0.2, -0.15) is 0 Å². The molecule has 0 bridgehead atoms. The van der Waals surface area contributed by atoms with Gasteiger partial charge in [-0.3, -0.25) is 0 Å². The second-order valence-corrected chi connectivity index (χ2v) is 2.93. The van der Waals surface area contributed by atoms with Crippen LogP contribution in [0, 0.1) is 6.07 Å². The molecule has 13 heavy (non-hydrogen) atoms. The van der Waals surface area contributed by atoms with Gasteiger partial charge in [0.2, 0.25) is 0 Å². The summed E-state index contributed by atoms with van der Waals surface area (Å²) in [6.07, 6.45) is -0.858. The van der Waals surface area contributed by atoms with Crippen molar-refractivity contribution in [1.29, 1.82) is 0 Å². The highest BCUT2D eigenvalue weighted by molar-refractivity contribution is 6.30. The molecule has 0 aliphatic heterocycles. The van der Waals surface area contributed by atoms with E-state index in [9.17, 15) is 0 Å². The van der Waals surface area contributed by atoms with E-state index in [4.69, 9.17) is 26.6 Å². The topological polar surface area (TPSA) is 49.7 Å². The molecule has 1 rings (SSSR count). The molecule has 4 heteroatoms. The van der Waals surface area contributed by atoms with Crippen LogP contribution in [-0.4, -0.2) is 29.5 Å². The normalized spacial score (nSPS) is 12.5. The van der Waals surface area contributed by atoms with Gasteiger partial charge in [-0.1, -0.05) is 11.6 Å².